The van der Waals surface area contributed by atoms with Gasteiger partial charge in [-0.15, -0.1) is 0 Å². The van der Waals surface area contributed by atoms with Gasteiger partial charge in [-0.2, -0.15) is 5.26 Å². The van der Waals surface area contributed by atoms with Crippen LogP contribution < -0.4 is 5.32 Å². The van der Waals surface area contributed by atoms with Gasteiger partial charge in [0.25, 0.3) is 0 Å². The molecular formula is C15H16BrN3O. The first-order valence-corrected chi connectivity index (χ1v) is 7.17. The number of nitrogens with one attached hydrogen (secondary N) is 1. The molecule has 1 aromatic heterocycles. The van der Waals surface area contributed by atoms with Crippen molar-refractivity contribution in [3.63, 3.8) is 0 Å². The minimum atomic E-state index is 0.156. The molecule has 5 heteroatoms. The third kappa shape index (κ3) is 3.09. The van der Waals surface area contributed by atoms with Gasteiger partial charge in [0, 0.05) is 22.6 Å². The Hall–Kier alpha value is -1.64. The maximum Gasteiger partial charge on any atom is 0.138 e. The summed E-state index contributed by atoms with van der Waals surface area (Å²) in [5, 5.41) is 16.3. The summed E-state index contributed by atoms with van der Waals surface area (Å²) in [6.07, 6.45) is 0. The van der Waals surface area contributed by atoms with Gasteiger partial charge in [0.05, 0.1) is 17.3 Å². The van der Waals surface area contributed by atoms with Crippen LogP contribution in [0.1, 0.15) is 41.1 Å². The van der Waals surface area contributed by atoms with E-state index in [0.717, 1.165) is 27.1 Å². The molecule has 1 atom stereocenters. The highest BCUT2D eigenvalue weighted by molar-refractivity contribution is 9.10. The van der Waals surface area contributed by atoms with Gasteiger partial charge in [-0.3, -0.25) is 0 Å². The van der Waals surface area contributed by atoms with Crippen LogP contribution in [0.2, 0.25) is 0 Å². The zero-order valence-corrected chi connectivity index (χ0v) is 13.3. The van der Waals surface area contributed by atoms with Gasteiger partial charge >= 0.3 is 0 Å². The largest absolute Gasteiger partial charge is 0.361 e. The molecule has 0 unspecified atom stereocenters. The monoisotopic (exact) mass is 333 g/mol. The van der Waals surface area contributed by atoms with Crippen LogP contribution in [0.15, 0.2) is 27.2 Å². The number of rotatable bonds is 4. The fourth-order valence-electron chi connectivity index (χ4n) is 2.23. The van der Waals surface area contributed by atoms with E-state index in [0.29, 0.717) is 12.1 Å². The van der Waals surface area contributed by atoms with Crippen LogP contribution in [-0.4, -0.2) is 5.16 Å². The zero-order valence-electron chi connectivity index (χ0n) is 11.7. The number of benzene rings is 1. The number of hydrogen-bond acceptors (Lipinski definition) is 4. The minimum Gasteiger partial charge on any atom is -0.361 e. The summed E-state index contributed by atoms with van der Waals surface area (Å²) < 4.78 is 6.13. The second-order valence-electron chi connectivity index (χ2n) is 4.76. The van der Waals surface area contributed by atoms with E-state index < -0.39 is 0 Å². The van der Waals surface area contributed by atoms with Crippen molar-refractivity contribution in [2.24, 2.45) is 0 Å². The summed E-state index contributed by atoms with van der Waals surface area (Å²) in [7, 11) is 0. The van der Waals surface area contributed by atoms with Crippen molar-refractivity contribution >= 4 is 15.9 Å². The smallest absolute Gasteiger partial charge is 0.138 e. The Kier molecular flexibility index (Phi) is 4.58. The van der Waals surface area contributed by atoms with Crippen molar-refractivity contribution < 1.29 is 4.52 Å². The van der Waals surface area contributed by atoms with Crippen molar-refractivity contribution in [2.75, 3.05) is 0 Å². The molecule has 0 aliphatic heterocycles. The fraction of sp³-hybridized carbons (Fsp3) is 0.333. The number of nitriles is 1. The predicted molar refractivity (Wildman–Crippen MR) is 80.1 cm³/mol. The Morgan fingerprint density at radius 3 is 2.75 bits per heavy atom. The topological polar surface area (TPSA) is 61.9 Å². The molecule has 1 heterocycles. The molecule has 1 N–H and O–H groups in total. The first-order chi connectivity index (χ1) is 9.52. The van der Waals surface area contributed by atoms with Gasteiger partial charge in [0.2, 0.25) is 0 Å². The Morgan fingerprint density at radius 2 is 2.20 bits per heavy atom. The lowest BCUT2D eigenvalue weighted by Gasteiger charge is -2.14. The molecule has 0 amide bonds. The molecule has 2 aromatic rings. The average molecular weight is 334 g/mol. The van der Waals surface area contributed by atoms with Crippen LogP contribution in [0.5, 0.6) is 0 Å². The van der Waals surface area contributed by atoms with Gasteiger partial charge < -0.3 is 9.84 Å². The Labute approximate surface area is 126 Å². The number of aromatic nitrogens is 1. The molecule has 0 bridgehead atoms. The minimum absolute atomic E-state index is 0.156. The van der Waals surface area contributed by atoms with Gasteiger partial charge in [0.15, 0.2) is 0 Å². The highest BCUT2D eigenvalue weighted by Crippen LogP contribution is 2.23. The molecule has 0 saturated carbocycles. The van der Waals surface area contributed by atoms with E-state index in [1.54, 1.807) is 0 Å². The molecule has 20 heavy (non-hydrogen) atoms. The van der Waals surface area contributed by atoms with E-state index in [2.05, 4.69) is 39.4 Å². The quantitative estimate of drug-likeness (QED) is 0.924. The Morgan fingerprint density at radius 1 is 1.45 bits per heavy atom. The van der Waals surface area contributed by atoms with Crippen LogP contribution in [0, 0.1) is 25.2 Å². The lowest BCUT2D eigenvalue weighted by molar-refractivity contribution is 0.390. The predicted octanol–water partition coefficient (Wildman–Crippen LogP) is 3.78. The maximum atomic E-state index is 8.85. The van der Waals surface area contributed by atoms with Gasteiger partial charge in [-0.05, 0) is 38.5 Å². The third-order valence-electron chi connectivity index (χ3n) is 3.30. The second kappa shape index (κ2) is 6.21. The summed E-state index contributed by atoms with van der Waals surface area (Å²) in [5.41, 5.74) is 3.79. The first kappa shape index (κ1) is 14.8. The molecular weight excluding hydrogens is 318 g/mol. The molecule has 0 aliphatic rings. The van der Waals surface area contributed by atoms with Crippen LogP contribution in [0.25, 0.3) is 0 Å². The van der Waals surface area contributed by atoms with E-state index >= 15 is 0 Å². The maximum absolute atomic E-state index is 8.85. The molecule has 104 valence electrons. The highest BCUT2D eigenvalue weighted by Gasteiger charge is 2.16. The van der Waals surface area contributed by atoms with E-state index in [4.69, 9.17) is 9.78 Å². The van der Waals surface area contributed by atoms with Crippen LogP contribution >= 0.6 is 15.9 Å². The Bertz CT molecular complexity index is 638. The first-order valence-electron chi connectivity index (χ1n) is 6.37. The molecule has 0 saturated heterocycles. The van der Waals surface area contributed by atoms with Crippen molar-refractivity contribution in [1.29, 1.82) is 5.26 Å². The van der Waals surface area contributed by atoms with Crippen LogP contribution in [0.4, 0.5) is 0 Å². The van der Waals surface area contributed by atoms with Gasteiger partial charge in [-0.25, -0.2) is 0 Å². The highest BCUT2D eigenvalue weighted by atomic mass is 79.9. The third-order valence-corrected chi connectivity index (χ3v) is 4.04. The zero-order chi connectivity index (χ0) is 14.7. The number of halogens is 1. The van der Waals surface area contributed by atoms with Crippen LogP contribution in [-0.2, 0) is 6.54 Å². The standard InChI is InChI=1S/C15H16BrN3O/c1-9(15-10(2)19-20-11(15)3)18-8-13-5-4-12(7-17)6-14(13)16/h4-6,9,18H,8H2,1-3H3/t9-/m1/s1. The summed E-state index contributed by atoms with van der Waals surface area (Å²) in [4.78, 5) is 0. The Balaban J connectivity index is 2.08. The lowest BCUT2D eigenvalue weighted by atomic mass is 10.1. The van der Waals surface area contributed by atoms with Crippen molar-refractivity contribution in [2.45, 2.75) is 33.4 Å². The fourth-order valence-corrected chi connectivity index (χ4v) is 2.75. The molecule has 4 nitrogen and oxygen atoms in total. The van der Waals surface area contributed by atoms with E-state index in [1.165, 1.54) is 0 Å². The second-order valence-corrected chi connectivity index (χ2v) is 5.61. The molecule has 0 fully saturated rings. The normalized spacial score (nSPS) is 12.2. The lowest BCUT2D eigenvalue weighted by Crippen LogP contribution is -2.19. The number of hydrogen-bond donors (Lipinski definition) is 1. The summed E-state index contributed by atoms with van der Waals surface area (Å²) in [6.45, 7) is 6.66. The van der Waals surface area contributed by atoms with Crippen molar-refractivity contribution in [3.05, 3.63) is 50.8 Å². The molecule has 2 rings (SSSR count). The van der Waals surface area contributed by atoms with Gasteiger partial charge in [-0.1, -0.05) is 27.2 Å². The molecule has 0 spiro atoms. The van der Waals surface area contributed by atoms with Crippen molar-refractivity contribution in [1.82, 2.24) is 10.5 Å². The number of aryl methyl sites for hydroxylation is 2. The van der Waals surface area contributed by atoms with E-state index in [-0.39, 0.29) is 6.04 Å². The van der Waals surface area contributed by atoms with E-state index in [9.17, 15) is 0 Å². The van der Waals surface area contributed by atoms with Crippen molar-refractivity contribution in [3.8, 4) is 6.07 Å². The molecule has 0 aliphatic carbocycles. The number of nitrogens with zero attached hydrogens (tertiary/aromatic N) is 2. The summed E-state index contributed by atoms with van der Waals surface area (Å²) >= 11 is 3.49. The molecule has 1 aromatic carbocycles. The van der Waals surface area contributed by atoms with Crippen LogP contribution in [0.3, 0.4) is 0 Å². The summed E-state index contributed by atoms with van der Waals surface area (Å²) in [5.74, 6) is 0.849. The average Bonchev–Trinajstić information content (AvgIpc) is 2.76. The van der Waals surface area contributed by atoms with E-state index in [1.807, 2.05) is 32.0 Å². The van der Waals surface area contributed by atoms with Gasteiger partial charge in [0.1, 0.15) is 5.76 Å². The SMILES string of the molecule is Cc1noc(C)c1[C@@H](C)NCc1ccc(C#N)cc1Br. The molecule has 0 radical (unpaired) electrons. The summed E-state index contributed by atoms with van der Waals surface area (Å²) in [6, 6.07) is 7.89.